The predicted molar refractivity (Wildman–Crippen MR) is 75.2 cm³/mol. The molecule has 0 aliphatic carbocycles. The maximum Gasteiger partial charge on any atom is 0.256 e. The molecule has 0 spiro atoms. The van der Waals surface area contributed by atoms with Crippen LogP contribution in [0.25, 0.3) is 0 Å². The number of aromatic nitrogens is 1. The average molecular weight is 254 g/mol. The van der Waals surface area contributed by atoms with Crippen LogP contribution < -0.4 is 11.2 Å². The molecule has 96 valence electrons. The number of benzene rings is 1. The minimum atomic E-state index is -0.184. The fourth-order valence-corrected chi connectivity index (χ4v) is 1.62. The SMILES string of the molecule is Cc1cccc(C(=O)Nc2ccc(C=NN)cn2)c1. The van der Waals surface area contributed by atoms with E-state index >= 15 is 0 Å². The molecule has 3 N–H and O–H groups in total. The molecule has 5 heteroatoms. The maximum absolute atomic E-state index is 12.0. The summed E-state index contributed by atoms with van der Waals surface area (Å²) in [5, 5.41) is 6.13. The van der Waals surface area contributed by atoms with E-state index in [4.69, 9.17) is 5.84 Å². The van der Waals surface area contributed by atoms with Gasteiger partial charge in [-0.05, 0) is 31.2 Å². The third kappa shape index (κ3) is 3.38. The van der Waals surface area contributed by atoms with Crippen molar-refractivity contribution in [2.45, 2.75) is 6.92 Å². The van der Waals surface area contributed by atoms with Gasteiger partial charge in [0, 0.05) is 17.3 Å². The van der Waals surface area contributed by atoms with E-state index < -0.39 is 0 Å². The largest absolute Gasteiger partial charge is 0.323 e. The van der Waals surface area contributed by atoms with Crippen LogP contribution in [0, 0.1) is 6.92 Å². The molecule has 2 aromatic rings. The second-order valence-electron chi connectivity index (χ2n) is 4.08. The van der Waals surface area contributed by atoms with Crippen LogP contribution >= 0.6 is 0 Å². The third-order valence-electron chi connectivity index (χ3n) is 2.53. The van der Waals surface area contributed by atoms with Gasteiger partial charge in [-0.25, -0.2) is 4.98 Å². The van der Waals surface area contributed by atoms with E-state index in [-0.39, 0.29) is 5.91 Å². The second kappa shape index (κ2) is 5.77. The van der Waals surface area contributed by atoms with Crippen LogP contribution in [0.15, 0.2) is 47.7 Å². The Morgan fingerprint density at radius 1 is 1.37 bits per heavy atom. The van der Waals surface area contributed by atoms with Gasteiger partial charge in [0.25, 0.3) is 5.91 Å². The zero-order valence-electron chi connectivity index (χ0n) is 10.5. The number of carbonyl (C=O) groups is 1. The Morgan fingerprint density at radius 2 is 2.21 bits per heavy atom. The summed E-state index contributed by atoms with van der Waals surface area (Å²) in [4.78, 5) is 16.1. The molecule has 0 fully saturated rings. The van der Waals surface area contributed by atoms with Gasteiger partial charge < -0.3 is 11.2 Å². The number of hydrazone groups is 1. The van der Waals surface area contributed by atoms with Crippen molar-refractivity contribution in [2.75, 3.05) is 5.32 Å². The Kier molecular flexibility index (Phi) is 3.87. The molecule has 0 aliphatic heterocycles. The molecule has 0 aliphatic rings. The highest BCUT2D eigenvalue weighted by Gasteiger charge is 2.06. The maximum atomic E-state index is 12.0. The molecule has 0 saturated heterocycles. The van der Waals surface area contributed by atoms with E-state index in [0.717, 1.165) is 11.1 Å². The molecule has 1 aromatic heterocycles. The lowest BCUT2D eigenvalue weighted by Gasteiger charge is -2.05. The molecule has 0 unspecified atom stereocenters. The highest BCUT2D eigenvalue weighted by Crippen LogP contribution is 2.08. The number of anilines is 1. The van der Waals surface area contributed by atoms with Gasteiger partial charge in [-0.3, -0.25) is 4.79 Å². The fraction of sp³-hybridized carbons (Fsp3) is 0.0714. The Labute approximate surface area is 111 Å². The molecule has 1 amide bonds. The Balaban J connectivity index is 2.10. The molecular formula is C14H14N4O. The molecule has 5 nitrogen and oxygen atoms in total. The molecule has 19 heavy (non-hydrogen) atoms. The normalized spacial score (nSPS) is 10.6. The summed E-state index contributed by atoms with van der Waals surface area (Å²) < 4.78 is 0. The van der Waals surface area contributed by atoms with Gasteiger partial charge in [0.2, 0.25) is 0 Å². The first-order valence-electron chi connectivity index (χ1n) is 5.76. The molecule has 1 heterocycles. The topological polar surface area (TPSA) is 80.4 Å². The third-order valence-corrected chi connectivity index (χ3v) is 2.53. The summed E-state index contributed by atoms with van der Waals surface area (Å²) in [6, 6.07) is 10.8. The number of pyridine rings is 1. The number of hydrogen-bond donors (Lipinski definition) is 2. The molecular weight excluding hydrogens is 240 g/mol. The summed E-state index contributed by atoms with van der Waals surface area (Å²) >= 11 is 0. The van der Waals surface area contributed by atoms with E-state index in [1.165, 1.54) is 6.21 Å². The second-order valence-corrected chi connectivity index (χ2v) is 4.08. The number of nitrogens with two attached hydrogens (primary N) is 1. The van der Waals surface area contributed by atoms with Crippen molar-refractivity contribution in [1.82, 2.24) is 4.98 Å². The zero-order valence-corrected chi connectivity index (χ0v) is 10.5. The van der Waals surface area contributed by atoms with Gasteiger partial charge in [-0.2, -0.15) is 5.10 Å². The molecule has 0 atom stereocenters. The quantitative estimate of drug-likeness (QED) is 0.499. The first-order chi connectivity index (χ1) is 9.19. The molecule has 0 radical (unpaired) electrons. The van der Waals surface area contributed by atoms with Gasteiger partial charge >= 0.3 is 0 Å². The van der Waals surface area contributed by atoms with Crippen molar-refractivity contribution in [2.24, 2.45) is 10.9 Å². The molecule has 2 rings (SSSR count). The van der Waals surface area contributed by atoms with Crippen molar-refractivity contribution in [3.05, 3.63) is 59.3 Å². The van der Waals surface area contributed by atoms with Crippen molar-refractivity contribution in [3.8, 4) is 0 Å². The summed E-state index contributed by atoms with van der Waals surface area (Å²) in [7, 11) is 0. The number of hydrogen-bond acceptors (Lipinski definition) is 4. The number of rotatable bonds is 3. The van der Waals surface area contributed by atoms with Crippen LogP contribution in [-0.2, 0) is 0 Å². The number of nitrogens with one attached hydrogen (secondary N) is 1. The van der Waals surface area contributed by atoms with Crippen molar-refractivity contribution < 1.29 is 4.79 Å². The van der Waals surface area contributed by atoms with Crippen LogP contribution in [0.2, 0.25) is 0 Å². The van der Waals surface area contributed by atoms with E-state index in [1.54, 1.807) is 24.4 Å². The Morgan fingerprint density at radius 3 is 2.84 bits per heavy atom. The summed E-state index contributed by atoms with van der Waals surface area (Å²) in [5.41, 5.74) is 2.42. The summed E-state index contributed by atoms with van der Waals surface area (Å²) in [6.07, 6.45) is 3.07. The van der Waals surface area contributed by atoms with Crippen molar-refractivity contribution in [3.63, 3.8) is 0 Å². The van der Waals surface area contributed by atoms with Gasteiger partial charge in [-0.1, -0.05) is 17.7 Å². The van der Waals surface area contributed by atoms with Gasteiger partial charge in [-0.15, -0.1) is 0 Å². The summed E-state index contributed by atoms with van der Waals surface area (Å²) in [6.45, 7) is 1.94. The average Bonchev–Trinajstić information content (AvgIpc) is 2.41. The van der Waals surface area contributed by atoms with Crippen molar-refractivity contribution in [1.29, 1.82) is 0 Å². The van der Waals surface area contributed by atoms with Crippen molar-refractivity contribution >= 4 is 17.9 Å². The number of aryl methyl sites for hydroxylation is 1. The smallest absolute Gasteiger partial charge is 0.256 e. The van der Waals surface area contributed by atoms with E-state index in [2.05, 4.69) is 15.4 Å². The van der Waals surface area contributed by atoms with Gasteiger partial charge in [0.15, 0.2) is 0 Å². The van der Waals surface area contributed by atoms with Crippen LogP contribution in [0.3, 0.4) is 0 Å². The lowest BCUT2D eigenvalue weighted by Crippen LogP contribution is -2.13. The highest BCUT2D eigenvalue weighted by molar-refractivity contribution is 6.03. The van der Waals surface area contributed by atoms with Crippen LogP contribution in [0.4, 0.5) is 5.82 Å². The Hall–Kier alpha value is -2.69. The molecule has 1 aromatic carbocycles. The molecule has 0 saturated carbocycles. The van der Waals surface area contributed by atoms with Crippen LogP contribution in [0.5, 0.6) is 0 Å². The fourth-order valence-electron chi connectivity index (χ4n) is 1.62. The van der Waals surface area contributed by atoms with Gasteiger partial charge in [0.1, 0.15) is 5.82 Å². The minimum Gasteiger partial charge on any atom is -0.323 e. The highest BCUT2D eigenvalue weighted by atomic mass is 16.1. The predicted octanol–water partition coefficient (Wildman–Crippen LogP) is 1.93. The standard InChI is InChI=1S/C14H14N4O/c1-10-3-2-4-12(7-10)14(19)18-13-6-5-11(8-16-13)9-17-15/h2-9H,15H2,1H3,(H,16,18,19). The first-order valence-corrected chi connectivity index (χ1v) is 5.76. The molecule has 0 bridgehead atoms. The van der Waals surface area contributed by atoms with E-state index in [1.807, 2.05) is 25.1 Å². The summed E-state index contributed by atoms with van der Waals surface area (Å²) in [5.74, 6) is 5.34. The first kappa shape index (κ1) is 12.8. The van der Waals surface area contributed by atoms with E-state index in [9.17, 15) is 4.79 Å². The number of amides is 1. The lowest BCUT2D eigenvalue weighted by atomic mass is 10.1. The number of carbonyl (C=O) groups excluding carboxylic acids is 1. The monoisotopic (exact) mass is 254 g/mol. The lowest BCUT2D eigenvalue weighted by molar-refractivity contribution is 0.102. The minimum absolute atomic E-state index is 0.184. The van der Waals surface area contributed by atoms with E-state index in [0.29, 0.717) is 11.4 Å². The zero-order chi connectivity index (χ0) is 13.7. The number of nitrogens with zero attached hydrogens (tertiary/aromatic N) is 2. The van der Waals surface area contributed by atoms with Gasteiger partial charge in [0.05, 0.1) is 6.21 Å². The van der Waals surface area contributed by atoms with Crippen LogP contribution in [-0.4, -0.2) is 17.1 Å². The van der Waals surface area contributed by atoms with Crippen LogP contribution in [0.1, 0.15) is 21.5 Å². The Bertz CT molecular complexity index is 605.